The molecule has 1 aromatic heterocycles. The third-order valence-corrected chi connectivity index (χ3v) is 7.43. The summed E-state index contributed by atoms with van der Waals surface area (Å²) in [6.07, 6.45) is 7.48. The van der Waals surface area contributed by atoms with Gasteiger partial charge < -0.3 is 15.5 Å². The van der Waals surface area contributed by atoms with Crippen LogP contribution in [-0.4, -0.2) is 48.9 Å². The van der Waals surface area contributed by atoms with E-state index in [1.165, 1.54) is 16.9 Å². The summed E-state index contributed by atoms with van der Waals surface area (Å²) in [6.45, 7) is 5.52. The first-order chi connectivity index (χ1) is 13.1. The number of piperidine rings is 1. The number of likely N-dealkylation sites (tertiary alicyclic amines) is 1. The molecule has 2 fully saturated rings. The summed E-state index contributed by atoms with van der Waals surface area (Å²) in [7, 11) is 0. The lowest BCUT2D eigenvalue weighted by Gasteiger charge is -2.33. The molecule has 0 aromatic carbocycles. The Morgan fingerprint density at radius 3 is 2.93 bits per heavy atom. The predicted octanol–water partition coefficient (Wildman–Crippen LogP) is 3.02. The van der Waals surface area contributed by atoms with Gasteiger partial charge in [0.25, 0.3) is 5.91 Å². The fourth-order valence-electron chi connectivity index (χ4n) is 4.72. The minimum Gasteiger partial charge on any atom is -0.354 e. The number of carbonyl (C=O) groups excluding carboxylic acids is 2. The second-order valence-corrected chi connectivity index (χ2v) is 9.52. The summed E-state index contributed by atoms with van der Waals surface area (Å²) in [5.74, 6) is 1.42. The zero-order valence-corrected chi connectivity index (χ0v) is 18.3. The Hall–Kier alpha value is -1.11. The van der Waals surface area contributed by atoms with Crippen molar-refractivity contribution in [3.63, 3.8) is 0 Å². The van der Waals surface area contributed by atoms with Crippen LogP contribution in [0.3, 0.4) is 0 Å². The molecule has 0 spiro atoms. The largest absolute Gasteiger partial charge is 0.354 e. The maximum atomic E-state index is 13.1. The normalized spacial score (nSPS) is 27.0. The van der Waals surface area contributed by atoms with Gasteiger partial charge in [-0.3, -0.25) is 9.59 Å². The SMILES string of the molecule is CC1CCc2c(C(=O)N3CCCC(CNC(=O)C4CCCN4)C3)csc2C1.Cl. The fourth-order valence-corrected chi connectivity index (χ4v) is 5.96. The van der Waals surface area contributed by atoms with Gasteiger partial charge in [-0.25, -0.2) is 0 Å². The van der Waals surface area contributed by atoms with Gasteiger partial charge in [-0.1, -0.05) is 6.92 Å². The fraction of sp³-hybridized carbons (Fsp3) is 0.714. The predicted molar refractivity (Wildman–Crippen MR) is 115 cm³/mol. The third-order valence-electron chi connectivity index (χ3n) is 6.38. The second kappa shape index (κ2) is 9.59. The summed E-state index contributed by atoms with van der Waals surface area (Å²) in [4.78, 5) is 28.8. The monoisotopic (exact) mass is 425 g/mol. The minimum atomic E-state index is -0.0222. The van der Waals surface area contributed by atoms with Crippen LogP contribution < -0.4 is 10.6 Å². The van der Waals surface area contributed by atoms with Gasteiger partial charge in [0.05, 0.1) is 11.6 Å². The third kappa shape index (κ3) is 4.71. The van der Waals surface area contributed by atoms with E-state index in [1.807, 2.05) is 4.90 Å². The van der Waals surface area contributed by atoms with E-state index < -0.39 is 0 Å². The van der Waals surface area contributed by atoms with Crippen molar-refractivity contribution in [3.05, 3.63) is 21.4 Å². The van der Waals surface area contributed by atoms with Gasteiger partial charge in [-0.2, -0.15) is 0 Å². The smallest absolute Gasteiger partial charge is 0.254 e. The van der Waals surface area contributed by atoms with Crippen LogP contribution in [0.15, 0.2) is 5.38 Å². The summed E-state index contributed by atoms with van der Waals surface area (Å²) in [6, 6.07) is -0.0222. The number of thiophene rings is 1. The molecule has 1 aromatic rings. The molecule has 3 atom stereocenters. The van der Waals surface area contributed by atoms with Gasteiger partial charge in [0.1, 0.15) is 0 Å². The lowest BCUT2D eigenvalue weighted by molar-refractivity contribution is -0.123. The Morgan fingerprint density at radius 2 is 2.14 bits per heavy atom. The topological polar surface area (TPSA) is 61.4 Å². The maximum absolute atomic E-state index is 13.1. The Bertz CT molecular complexity index is 702. The highest BCUT2D eigenvalue weighted by atomic mass is 35.5. The number of nitrogens with one attached hydrogen (secondary N) is 2. The van der Waals surface area contributed by atoms with Gasteiger partial charge in [-0.15, -0.1) is 23.7 Å². The van der Waals surface area contributed by atoms with Crippen molar-refractivity contribution < 1.29 is 9.59 Å². The molecule has 2 saturated heterocycles. The van der Waals surface area contributed by atoms with Gasteiger partial charge in [0.15, 0.2) is 0 Å². The van der Waals surface area contributed by atoms with Crippen molar-refractivity contribution in [1.82, 2.24) is 15.5 Å². The molecule has 2 aliphatic heterocycles. The molecule has 3 heterocycles. The molecule has 0 bridgehead atoms. The van der Waals surface area contributed by atoms with Crippen molar-refractivity contribution in [1.29, 1.82) is 0 Å². The van der Waals surface area contributed by atoms with Crippen LogP contribution >= 0.6 is 23.7 Å². The molecule has 3 aliphatic rings. The van der Waals surface area contributed by atoms with Crippen LogP contribution in [0.4, 0.5) is 0 Å². The molecule has 0 saturated carbocycles. The molecule has 1 aliphatic carbocycles. The summed E-state index contributed by atoms with van der Waals surface area (Å²) in [5.41, 5.74) is 2.26. The van der Waals surface area contributed by atoms with Crippen LogP contribution in [0.25, 0.3) is 0 Å². The second-order valence-electron chi connectivity index (χ2n) is 8.55. The molecule has 0 radical (unpaired) electrons. The van der Waals surface area contributed by atoms with Crippen molar-refractivity contribution in [3.8, 4) is 0 Å². The molecular weight excluding hydrogens is 394 g/mol. The lowest BCUT2D eigenvalue weighted by atomic mass is 9.88. The van der Waals surface area contributed by atoms with E-state index in [0.717, 1.165) is 69.6 Å². The van der Waals surface area contributed by atoms with Gasteiger partial charge in [0, 0.05) is 29.9 Å². The number of fused-ring (bicyclic) bond motifs is 1. The summed E-state index contributed by atoms with van der Waals surface area (Å²) in [5, 5.41) is 8.44. The van der Waals surface area contributed by atoms with Crippen molar-refractivity contribution in [2.24, 2.45) is 11.8 Å². The molecule has 2 N–H and O–H groups in total. The highest BCUT2D eigenvalue weighted by Crippen LogP contribution is 2.34. The van der Waals surface area contributed by atoms with Crippen molar-refractivity contribution in [2.45, 2.75) is 57.9 Å². The molecule has 28 heavy (non-hydrogen) atoms. The number of amides is 2. The molecule has 3 unspecified atom stereocenters. The van der Waals surface area contributed by atoms with E-state index in [0.29, 0.717) is 12.5 Å². The molecule has 2 amide bonds. The summed E-state index contributed by atoms with van der Waals surface area (Å²) < 4.78 is 0. The van der Waals surface area contributed by atoms with Crippen LogP contribution in [0.2, 0.25) is 0 Å². The summed E-state index contributed by atoms with van der Waals surface area (Å²) >= 11 is 1.77. The first kappa shape index (κ1) is 21.6. The van der Waals surface area contributed by atoms with Gasteiger partial charge in [0.2, 0.25) is 5.91 Å². The highest BCUT2D eigenvalue weighted by Gasteiger charge is 2.30. The Balaban J connectivity index is 0.00000225. The Labute approximate surface area is 178 Å². The Kier molecular flexibility index (Phi) is 7.40. The minimum absolute atomic E-state index is 0. The lowest BCUT2D eigenvalue weighted by Crippen LogP contribution is -2.46. The van der Waals surface area contributed by atoms with Gasteiger partial charge in [-0.05, 0) is 68.9 Å². The molecule has 4 rings (SSSR count). The van der Waals surface area contributed by atoms with Gasteiger partial charge >= 0.3 is 0 Å². The molecule has 5 nitrogen and oxygen atoms in total. The zero-order valence-electron chi connectivity index (χ0n) is 16.7. The van der Waals surface area contributed by atoms with E-state index in [2.05, 4.69) is 22.9 Å². The first-order valence-corrected chi connectivity index (χ1v) is 11.4. The first-order valence-electron chi connectivity index (χ1n) is 10.5. The van der Waals surface area contributed by atoms with Crippen LogP contribution in [0, 0.1) is 11.8 Å². The molecule has 7 heteroatoms. The number of halogens is 1. The number of carbonyl (C=O) groups is 2. The van der Waals surface area contributed by atoms with Crippen LogP contribution in [0.1, 0.15) is 59.8 Å². The van der Waals surface area contributed by atoms with E-state index in [1.54, 1.807) is 11.3 Å². The van der Waals surface area contributed by atoms with Crippen LogP contribution in [-0.2, 0) is 17.6 Å². The highest BCUT2D eigenvalue weighted by molar-refractivity contribution is 7.10. The number of rotatable bonds is 4. The van der Waals surface area contributed by atoms with E-state index in [9.17, 15) is 9.59 Å². The number of hydrogen-bond donors (Lipinski definition) is 2. The van der Waals surface area contributed by atoms with Crippen molar-refractivity contribution >= 4 is 35.6 Å². The molecule has 156 valence electrons. The van der Waals surface area contributed by atoms with E-state index >= 15 is 0 Å². The standard InChI is InChI=1S/C21H31N3O2S.ClH/c1-14-6-7-16-17(13-27-19(16)10-14)21(26)24-9-3-4-15(12-24)11-23-20(25)18-5-2-8-22-18;/h13-15,18,22H,2-12H2,1H3,(H,23,25);1H. The number of hydrogen-bond acceptors (Lipinski definition) is 4. The molecular formula is C21H32ClN3O2S. The number of nitrogens with zero attached hydrogens (tertiary/aromatic N) is 1. The van der Waals surface area contributed by atoms with Crippen LogP contribution in [0.5, 0.6) is 0 Å². The zero-order chi connectivity index (χ0) is 18.8. The quantitative estimate of drug-likeness (QED) is 0.779. The average Bonchev–Trinajstić information content (AvgIpc) is 3.35. The maximum Gasteiger partial charge on any atom is 0.254 e. The van der Waals surface area contributed by atoms with E-state index in [4.69, 9.17) is 0 Å². The van der Waals surface area contributed by atoms with E-state index in [-0.39, 0.29) is 30.3 Å². The average molecular weight is 426 g/mol. The Morgan fingerprint density at radius 1 is 1.29 bits per heavy atom. The van der Waals surface area contributed by atoms with Crippen molar-refractivity contribution in [2.75, 3.05) is 26.2 Å².